The molecule has 1 amide bonds. The summed E-state index contributed by atoms with van der Waals surface area (Å²) in [4.78, 5) is 17.3. The van der Waals surface area contributed by atoms with Crippen molar-refractivity contribution in [3.8, 4) is 0 Å². The van der Waals surface area contributed by atoms with Crippen LogP contribution in [0.4, 0.5) is 8.78 Å². The Morgan fingerprint density at radius 2 is 1.70 bits per heavy atom. The highest BCUT2D eigenvalue weighted by Crippen LogP contribution is 2.26. The number of carbonyl (C=O) groups excluding carboxylic acids is 1. The molecule has 7 nitrogen and oxygen atoms in total. The van der Waals surface area contributed by atoms with Crippen LogP contribution in [0.15, 0.2) is 47.6 Å². The molecule has 0 saturated carbocycles. The van der Waals surface area contributed by atoms with E-state index in [2.05, 4.69) is 10.3 Å². The normalized spacial score (nSPS) is 13.1. The summed E-state index contributed by atoms with van der Waals surface area (Å²) in [6, 6.07) is 7.71. The molecule has 0 aliphatic rings. The molecule has 33 heavy (non-hydrogen) atoms. The van der Waals surface area contributed by atoms with Crippen LogP contribution < -0.4 is 5.32 Å². The zero-order valence-electron chi connectivity index (χ0n) is 19.0. The maximum Gasteiger partial charge on any atom is 0.243 e. The van der Waals surface area contributed by atoms with E-state index in [1.807, 2.05) is 13.8 Å². The van der Waals surface area contributed by atoms with Gasteiger partial charge in [0.15, 0.2) is 11.6 Å². The van der Waals surface area contributed by atoms with E-state index in [0.29, 0.717) is 18.6 Å². The fourth-order valence-electron chi connectivity index (χ4n) is 3.78. The molecule has 178 valence electrons. The third-order valence-corrected chi connectivity index (χ3v) is 7.61. The third-order valence-electron chi connectivity index (χ3n) is 5.55. The van der Waals surface area contributed by atoms with Gasteiger partial charge in [0.1, 0.15) is 6.04 Å². The van der Waals surface area contributed by atoms with Crippen LogP contribution in [-0.2, 0) is 21.4 Å². The van der Waals surface area contributed by atoms with E-state index in [1.165, 1.54) is 27.3 Å². The van der Waals surface area contributed by atoms with Gasteiger partial charge >= 0.3 is 0 Å². The molecule has 0 aliphatic heterocycles. The predicted octanol–water partition coefficient (Wildman–Crippen LogP) is 3.86. The van der Waals surface area contributed by atoms with Gasteiger partial charge in [-0.25, -0.2) is 22.2 Å². The van der Waals surface area contributed by atoms with Crippen molar-refractivity contribution in [3.63, 3.8) is 0 Å². The molecule has 1 aromatic heterocycles. The van der Waals surface area contributed by atoms with E-state index in [4.69, 9.17) is 0 Å². The molecule has 2 aromatic carbocycles. The van der Waals surface area contributed by atoms with E-state index >= 15 is 0 Å². The van der Waals surface area contributed by atoms with Gasteiger partial charge in [0.05, 0.1) is 22.3 Å². The van der Waals surface area contributed by atoms with Crippen molar-refractivity contribution in [2.24, 2.45) is 5.92 Å². The monoisotopic (exact) mass is 478 g/mol. The molecule has 1 atom stereocenters. The molecule has 10 heteroatoms. The lowest BCUT2D eigenvalue weighted by Crippen LogP contribution is -2.35. The van der Waals surface area contributed by atoms with Gasteiger partial charge in [0, 0.05) is 31.8 Å². The highest BCUT2D eigenvalue weighted by molar-refractivity contribution is 7.89. The van der Waals surface area contributed by atoms with Crippen molar-refractivity contribution >= 4 is 27.0 Å². The number of benzene rings is 2. The molecular formula is C23H28F2N4O3S. The summed E-state index contributed by atoms with van der Waals surface area (Å²) in [6.45, 7) is 8.21. The van der Waals surface area contributed by atoms with E-state index in [9.17, 15) is 22.0 Å². The topological polar surface area (TPSA) is 84.3 Å². The second kappa shape index (κ2) is 9.96. The van der Waals surface area contributed by atoms with Gasteiger partial charge in [-0.3, -0.25) is 4.79 Å². The average molecular weight is 479 g/mol. The fourth-order valence-corrected chi connectivity index (χ4v) is 5.24. The summed E-state index contributed by atoms with van der Waals surface area (Å²) >= 11 is 0. The standard InChI is InChI=1S/C23H28F2N4O3S/c1-5-28(6-2)33(31,32)17-9-7-16(8-10-17)13-26-23(30)22(15(3)4)29-14-27-20-11-18(24)19(25)12-21(20)29/h7-12,14-15,22H,5-6,13H2,1-4H3,(H,26,30). The molecule has 1 heterocycles. The lowest BCUT2D eigenvalue weighted by molar-refractivity contribution is -0.125. The molecule has 3 aromatic rings. The van der Waals surface area contributed by atoms with Gasteiger partial charge < -0.3 is 9.88 Å². The number of hydrogen-bond donors (Lipinski definition) is 1. The Hall–Kier alpha value is -2.85. The highest BCUT2D eigenvalue weighted by Gasteiger charge is 2.26. The van der Waals surface area contributed by atoms with Gasteiger partial charge in [-0.05, 0) is 23.6 Å². The van der Waals surface area contributed by atoms with Crippen molar-refractivity contribution in [1.82, 2.24) is 19.2 Å². The molecule has 0 aliphatic carbocycles. The SMILES string of the molecule is CCN(CC)S(=O)(=O)c1ccc(CNC(=O)C(C(C)C)n2cnc3cc(F)c(F)cc32)cc1. The van der Waals surface area contributed by atoms with Crippen molar-refractivity contribution < 1.29 is 22.0 Å². The Bertz CT molecular complexity index is 1240. The first kappa shape index (κ1) is 24.8. The number of rotatable bonds is 9. The van der Waals surface area contributed by atoms with Crippen molar-refractivity contribution in [3.05, 3.63) is 59.9 Å². The lowest BCUT2D eigenvalue weighted by atomic mass is 10.0. The van der Waals surface area contributed by atoms with Crippen molar-refractivity contribution in [2.45, 2.75) is 45.2 Å². The quantitative estimate of drug-likeness (QED) is 0.506. The summed E-state index contributed by atoms with van der Waals surface area (Å²) in [7, 11) is -3.55. The molecule has 1 unspecified atom stereocenters. The van der Waals surface area contributed by atoms with Crippen molar-refractivity contribution in [2.75, 3.05) is 13.1 Å². The Morgan fingerprint density at radius 3 is 2.27 bits per heavy atom. The minimum absolute atomic E-state index is 0.155. The minimum atomic E-state index is -3.55. The van der Waals surface area contributed by atoms with Crippen LogP contribution in [0.1, 0.15) is 39.3 Å². The minimum Gasteiger partial charge on any atom is -0.350 e. The number of nitrogens with one attached hydrogen (secondary N) is 1. The predicted molar refractivity (Wildman–Crippen MR) is 122 cm³/mol. The van der Waals surface area contributed by atoms with Gasteiger partial charge in [0.2, 0.25) is 15.9 Å². The van der Waals surface area contributed by atoms with Crippen LogP contribution in [0.2, 0.25) is 0 Å². The number of fused-ring (bicyclic) bond motifs is 1. The van der Waals surface area contributed by atoms with E-state index in [0.717, 1.165) is 17.7 Å². The van der Waals surface area contributed by atoms with Crippen LogP contribution in [0.25, 0.3) is 11.0 Å². The van der Waals surface area contributed by atoms with Crippen LogP contribution in [0.5, 0.6) is 0 Å². The van der Waals surface area contributed by atoms with Crippen molar-refractivity contribution in [1.29, 1.82) is 0 Å². The fraction of sp³-hybridized carbons (Fsp3) is 0.391. The van der Waals surface area contributed by atoms with E-state index in [1.54, 1.807) is 26.0 Å². The largest absolute Gasteiger partial charge is 0.350 e. The number of sulfonamides is 1. The maximum absolute atomic E-state index is 13.8. The molecule has 0 fully saturated rings. The van der Waals surface area contributed by atoms with Gasteiger partial charge in [-0.15, -0.1) is 0 Å². The summed E-state index contributed by atoms with van der Waals surface area (Å²) in [6.07, 6.45) is 1.40. The zero-order chi connectivity index (χ0) is 24.3. The molecule has 0 radical (unpaired) electrons. The Morgan fingerprint density at radius 1 is 1.09 bits per heavy atom. The second-order valence-corrected chi connectivity index (χ2v) is 9.98. The third kappa shape index (κ3) is 5.06. The zero-order valence-corrected chi connectivity index (χ0v) is 19.9. The molecule has 1 N–H and O–H groups in total. The average Bonchev–Trinajstić information content (AvgIpc) is 3.15. The van der Waals surface area contributed by atoms with Gasteiger partial charge in [-0.2, -0.15) is 4.31 Å². The molecule has 0 spiro atoms. The summed E-state index contributed by atoms with van der Waals surface area (Å²) in [5, 5.41) is 2.85. The Balaban J connectivity index is 1.77. The molecular weight excluding hydrogens is 450 g/mol. The highest BCUT2D eigenvalue weighted by atomic mass is 32.2. The number of nitrogens with zero attached hydrogens (tertiary/aromatic N) is 3. The van der Waals surface area contributed by atoms with Crippen LogP contribution >= 0.6 is 0 Å². The number of hydrogen-bond acceptors (Lipinski definition) is 4. The smallest absolute Gasteiger partial charge is 0.243 e. The first-order chi connectivity index (χ1) is 15.6. The number of amides is 1. The second-order valence-electron chi connectivity index (χ2n) is 8.05. The number of carbonyl (C=O) groups is 1. The lowest BCUT2D eigenvalue weighted by Gasteiger charge is -2.22. The molecule has 0 bridgehead atoms. The number of aromatic nitrogens is 2. The summed E-state index contributed by atoms with van der Waals surface area (Å²) in [5.74, 6) is -2.47. The first-order valence-electron chi connectivity index (χ1n) is 10.8. The molecule has 3 rings (SSSR count). The van der Waals surface area contributed by atoms with Crippen LogP contribution in [0, 0.1) is 17.6 Å². The molecule has 0 saturated heterocycles. The maximum atomic E-state index is 13.8. The first-order valence-corrected chi connectivity index (χ1v) is 12.2. The number of imidazole rings is 1. The van der Waals surface area contributed by atoms with Gasteiger partial charge in [-0.1, -0.05) is 39.8 Å². The number of halogens is 2. The van der Waals surface area contributed by atoms with Crippen LogP contribution in [0.3, 0.4) is 0 Å². The Labute approximate surface area is 192 Å². The summed E-state index contributed by atoms with van der Waals surface area (Å²) < 4.78 is 55.5. The Kier molecular flexibility index (Phi) is 7.48. The van der Waals surface area contributed by atoms with Crippen LogP contribution in [-0.4, -0.2) is 41.3 Å². The summed E-state index contributed by atoms with van der Waals surface area (Å²) in [5.41, 5.74) is 1.32. The van der Waals surface area contributed by atoms with E-state index in [-0.39, 0.29) is 28.8 Å². The van der Waals surface area contributed by atoms with Gasteiger partial charge in [0.25, 0.3) is 0 Å². The van der Waals surface area contributed by atoms with E-state index < -0.39 is 27.7 Å².